The van der Waals surface area contributed by atoms with Crippen molar-refractivity contribution in [2.75, 3.05) is 0 Å². The van der Waals surface area contributed by atoms with Crippen LogP contribution in [0.25, 0.3) is 0 Å². The lowest BCUT2D eigenvalue weighted by atomic mass is 9.78. The smallest absolute Gasteiger partial charge is 0.123 e. The second-order valence-corrected chi connectivity index (χ2v) is 10.0. The Morgan fingerprint density at radius 2 is 1.38 bits per heavy atom. The molecule has 1 fully saturated rings. The third kappa shape index (κ3) is 4.53. The summed E-state index contributed by atoms with van der Waals surface area (Å²) in [4.78, 5) is 0. The minimum absolute atomic E-state index is 0.0607. The molecule has 0 bridgehead atoms. The molecule has 1 aromatic carbocycles. The fourth-order valence-electron chi connectivity index (χ4n) is 3.76. The maximum absolute atomic E-state index is 10.8. The summed E-state index contributed by atoms with van der Waals surface area (Å²) in [6.45, 7) is 16.3. The molecule has 0 radical (unpaired) electrons. The van der Waals surface area contributed by atoms with Crippen LogP contribution in [0.15, 0.2) is 12.1 Å². The first-order chi connectivity index (χ1) is 10.9. The zero-order valence-corrected chi connectivity index (χ0v) is 16.8. The van der Waals surface area contributed by atoms with Crippen LogP contribution in [0.3, 0.4) is 0 Å². The predicted molar refractivity (Wildman–Crippen MR) is 104 cm³/mol. The number of phenols is 1. The molecule has 0 unspecified atom stereocenters. The number of phenolic OH excluding ortho intramolecular Hbond substituents is 1. The van der Waals surface area contributed by atoms with Crippen LogP contribution in [-0.4, -0.2) is 10.6 Å². The van der Waals surface area contributed by atoms with Crippen molar-refractivity contribution in [1.82, 2.24) is 5.32 Å². The van der Waals surface area contributed by atoms with Gasteiger partial charge in [-0.3, -0.25) is 0 Å². The van der Waals surface area contributed by atoms with Gasteiger partial charge in [0.25, 0.3) is 0 Å². The van der Waals surface area contributed by atoms with Crippen molar-refractivity contribution in [1.29, 1.82) is 0 Å². The largest absolute Gasteiger partial charge is 0.507 e. The summed E-state index contributed by atoms with van der Waals surface area (Å²) < 4.78 is 0. The third-order valence-corrected chi connectivity index (χ3v) is 5.46. The Bertz CT molecular complexity index is 534. The summed E-state index contributed by atoms with van der Waals surface area (Å²) >= 11 is 0. The standard InChI is InChI=1S/C22H37NO/c1-20(2,3)17-13-16(14-18(19(17)24)21(4,5)6)15-23-22(7)11-9-8-10-12-22/h13-14,23-24H,8-12,15H2,1-7H3. The van der Waals surface area contributed by atoms with Crippen LogP contribution in [0.2, 0.25) is 0 Å². The van der Waals surface area contributed by atoms with Crippen molar-refractivity contribution in [2.45, 2.75) is 103 Å². The van der Waals surface area contributed by atoms with Crippen LogP contribution >= 0.6 is 0 Å². The van der Waals surface area contributed by atoms with Crippen LogP contribution in [0.5, 0.6) is 5.75 Å². The Hall–Kier alpha value is -1.02. The van der Waals surface area contributed by atoms with Gasteiger partial charge in [-0.15, -0.1) is 0 Å². The van der Waals surface area contributed by atoms with Crippen LogP contribution in [0, 0.1) is 0 Å². The highest BCUT2D eigenvalue weighted by Gasteiger charge is 2.28. The zero-order chi connectivity index (χ0) is 18.2. The lowest BCUT2D eigenvalue weighted by Gasteiger charge is -2.35. The molecule has 0 amide bonds. The van der Waals surface area contributed by atoms with Crippen molar-refractivity contribution < 1.29 is 5.11 Å². The molecule has 1 aliphatic carbocycles. The molecule has 1 saturated carbocycles. The number of nitrogens with one attached hydrogen (secondary N) is 1. The first-order valence-electron chi connectivity index (χ1n) is 9.54. The number of aromatic hydroxyl groups is 1. The van der Waals surface area contributed by atoms with E-state index in [4.69, 9.17) is 0 Å². The van der Waals surface area contributed by atoms with Crippen molar-refractivity contribution in [2.24, 2.45) is 0 Å². The molecule has 136 valence electrons. The van der Waals surface area contributed by atoms with E-state index in [2.05, 4.69) is 65.9 Å². The molecule has 0 spiro atoms. The number of rotatable bonds is 3. The number of hydrogen-bond acceptors (Lipinski definition) is 2. The number of benzene rings is 1. The van der Waals surface area contributed by atoms with Crippen LogP contribution < -0.4 is 5.32 Å². The van der Waals surface area contributed by atoms with Crippen LogP contribution in [-0.2, 0) is 17.4 Å². The van der Waals surface area contributed by atoms with E-state index < -0.39 is 0 Å². The molecule has 1 aromatic rings. The van der Waals surface area contributed by atoms with E-state index in [0.29, 0.717) is 5.75 Å². The topological polar surface area (TPSA) is 32.3 Å². The van der Waals surface area contributed by atoms with E-state index in [-0.39, 0.29) is 16.4 Å². The fourth-order valence-corrected chi connectivity index (χ4v) is 3.76. The van der Waals surface area contributed by atoms with E-state index >= 15 is 0 Å². The molecule has 2 nitrogen and oxygen atoms in total. The summed E-state index contributed by atoms with van der Waals surface area (Å²) in [5.74, 6) is 0.475. The average Bonchev–Trinajstić information content (AvgIpc) is 2.44. The zero-order valence-electron chi connectivity index (χ0n) is 16.8. The van der Waals surface area contributed by atoms with E-state index in [0.717, 1.165) is 17.7 Å². The summed E-state index contributed by atoms with van der Waals surface area (Å²) in [5.41, 5.74) is 3.54. The second kappa shape index (κ2) is 6.71. The predicted octanol–water partition coefficient (Wildman–Crippen LogP) is 5.80. The Morgan fingerprint density at radius 1 is 0.917 bits per heavy atom. The van der Waals surface area contributed by atoms with Crippen molar-refractivity contribution in [3.8, 4) is 5.75 Å². The van der Waals surface area contributed by atoms with Gasteiger partial charge in [0.2, 0.25) is 0 Å². The Kier molecular flexibility index (Phi) is 5.40. The maximum Gasteiger partial charge on any atom is 0.123 e. The molecule has 0 aromatic heterocycles. The maximum atomic E-state index is 10.8. The monoisotopic (exact) mass is 331 g/mol. The molecule has 2 heteroatoms. The van der Waals surface area contributed by atoms with E-state index in [1.165, 1.54) is 37.7 Å². The fraction of sp³-hybridized carbons (Fsp3) is 0.727. The van der Waals surface area contributed by atoms with Gasteiger partial charge < -0.3 is 10.4 Å². The van der Waals surface area contributed by atoms with E-state index in [1.54, 1.807) is 0 Å². The van der Waals surface area contributed by atoms with Gasteiger partial charge in [0.05, 0.1) is 0 Å². The van der Waals surface area contributed by atoms with Crippen molar-refractivity contribution in [3.63, 3.8) is 0 Å². The highest BCUT2D eigenvalue weighted by molar-refractivity contribution is 5.49. The van der Waals surface area contributed by atoms with Gasteiger partial charge in [-0.1, -0.05) is 72.9 Å². The molecular weight excluding hydrogens is 294 g/mol. The third-order valence-electron chi connectivity index (χ3n) is 5.46. The molecule has 0 saturated heterocycles. The first kappa shape index (κ1) is 19.3. The lowest BCUT2D eigenvalue weighted by molar-refractivity contribution is 0.252. The molecule has 2 N–H and O–H groups in total. The highest BCUT2D eigenvalue weighted by Crippen LogP contribution is 2.40. The average molecular weight is 332 g/mol. The van der Waals surface area contributed by atoms with E-state index in [9.17, 15) is 5.11 Å². The normalized spacial score (nSPS) is 18.6. The summed E-state index contributed by atoms with van der Waals surface area (Å²) in [5, 5.41) is 14.6. The lowest BCUT2D eigenvalue weighted by Crippen LogP contribution is -2.43. The van der Waals surface area contributed by atoms with Gasteiger partial charge in [-0.05, 0) is 47.3 Å². The molecular formula is C22H37NO. The summed E-state index contributed by atoms with van der Waals surface area (Å²) in [7, 11) is 0. The molecule has 2 rings (SSSR count). The first-order valence-corrected chi connectivity index (χ1v) is 9.54. The van der Waals surface area contributed by atoms with Gasteiger partial charge in [0, 0.05) is 12.1 Å². The van der Waals surface area contributed by atoms with Gasteiger partial charge >= 0.3 is 0 Å². The Balaban J connectivity index is 2.32. The highest BCUT2D eigenvalue weighted by atomic mass is 16.3. The minimum atomic E-state index is -0.0607. The molecule has 0 aliphatic heterocycles. The molecule has 0 atom stereocenters. The summed E-state index contributed by atoms with van der Waals surface area (Å²) in [6, 6.07) is 4.40. The van der Waals surface area contributed by atoms with Crippen LogP contribution in [0.4, 0.5) is 0 Å². The SMILES string of the molecule is CC1(NCc2cc(C(C)(C)C)c(O)c(C(C)(C)C)c2)CCCCC1. The van der Waals surface area contributed by atoms with Gasteiger partial charge in [-0.25, -0.2) is 0 Å². The quantitative estimate of drug-likeness (QED) is 0.733. The molecule has 0 heterocycles. The van der Waals surface area contributed by atoms with Crippen molar-refractivity contribution >= 4 is 0 Å². The molecule has 24 heavy (non-hydrogen) atoms. The Morgan fingerprint density at radius 3 is 1.79 bits per heavy atom. The van der Waals surface area contributed by atoms with E-state index in [1.807, 2.05) is 0 Å². The van der Waals surface area contributed by atoms with Gasteiger partial charge in [0.15, 0.2) is 0 Å². The van der Waals surface area contributed by atoms with Gasteiger partial charge in [-0.2, -0.15) is 0 Å². The summed E-state index contributed by atoms with van der Waals surface area (Å²) in [6.07, 6.45) is 6.57. The van der Waals surface area contributed by atoms with Crippen molar-refractivity contribution in [3.05, 3.63) is 28.8 Å². The number of hydrogen-bond donors (Lipinski definition) is 2. The van der Waals surface area contributed by atoms with Gasteiger partial charge in [0.1, 0.15) is 5.75 Å². The van der Waals surface area contributed by atoms with Crippen LogP contribution in [0.1, 0.15) is 97.3 Å². The minimum Gasteiger partial charge on any atom is -0.507 e. The molecule has 1 aliphatic rings. The second-order valence-electron chi connectivity index (χ2n) is 10.0. The Labute approximate surface area is 149 Å².